The third-order valence-electron chi connectivity index (χ3n) is 5.24. The maximum Gasteiger partial charge on any atom is 0.269 e. The number of aromatic nitrogens is 5. The molecule has 0 bridgehead atoms. The van der Waals surface area contributed by atoms with Crippen LogP contribution in [0.2, 0.25) is 5.02 Å². The number of halogens is 2. The molecular formula is C24H16ClFN6O3S. The van der Waals surface area contributed by atoms with Gasteiger partial charge >= 0.3 is 0 Å². The van der Waals surface area contributed by atoms with Crippen LogP contribution in [0.25, 0.3) is 28.5 Å². The van der Waals surface area contributed by atoms with E-state index in [-0.39, 0.29) is 22.5 Å². The van der Waals surface area contributed by atoms with Gasteiger partial charge in [-0.3, -0.25) is 14.7 Å². The summed E-state index contributed by atoms with van der Waals surface area (Å²) in [7, 11) is 0. The zero-order valence-corrected chi connectivity index (χ0v) is 20.2. The molecule has 36 heavy (non-hydrogen) atoms. The van der Waals surface area contributed by atoms with Crippen molar-refractivity contribution in [3.05, 3.63) is 99.6 Å². The van der Waals surface area contributed by atoms with Crippen LogP contribution in [-0.4, -0.2) is 29.9 Å². The molecule has 0 aliphatic heterocycles. The fraction of sp³-hybridized carbons (Fsp3) is 0.0833. The Hall–Kier alpha value is -4.09. The first-order chi connectivity index (χ1) is 17.4. The van der Waals surface area contributed by atoms with Crippen molar-refractivity contribution in [1.29, 1.82) is 0 Å². The van der Waals surface area contributed by atoms with Crippen LogP contribution >= 0.6 is 23.4 Å². The second kappa shape index (κ2) is 9.88. The lowest BCUT2D eigenvalue weighted by atomic mass is 10.2. The van der Waals surface area contributed by atoms with Gasteiger partial charge in [0, 0.05) is 23.3 Å². The molecule has 0 saturated carbocycles. The molecular weight excluding hydrogens is 507 g/mol. The van der Waals surface area contributed by atoms with Gasteiger partial charge in [0.15, 0.2) is 11.0 Å². The number of non-ortho nitro benzene ring substituents is 1. The SMILES string of the molecule is C[C@@H](Sc1nnc(-c2ccccc2Cl)n1-c1ccccc1F)c1nnc(-c2ccc([N+](=O)[O-])cc2)o1. The number of nitrogens with zero attached hydrogens (tertiary/aromatic N) is 6. The van der Waals surface area contributed by atoms with Crippen molar-refractivity contribution in [3.63, 3.8) is 0 Å². The fourth-order valence-electron chi connectivity index (χ4n) is 3.46. The highest BCUT2D eigenvalue weighted by Gasteiger charge is 2.24. The van der Waals surface area contributed by atoms with E-state index in [2.05, 4.69) is 20.4 Å². The zero-order valence-electron chi connectivity index (χ0n) is 18.6. The molecule has 12 heteroatoms. The monoisotopic (exact) mass is 522 g/mol. The summed E-state index contributed by atoms with van der Waals surface area (Å²) in [4.78, 5) is 10.4. The highest BCUT2D eigenvalue weighted by atomic mass is 35.5. The van der Waals surface area contributed by atoms with E-state index >= 15 is 0 Å². The molecule has 0 unspecified atom stereocenters. The summed E-state index contributed by atoms with van der Waals surface area (Å²) in [6.07, 6.45) is 0. The van der Waals surface area contributed by atoms with E-state index in [1.807, 2.05) is 13.0 Å². The van der Waals surface area contributed by atoms with Crippen molar-refractivity contribution in [2.45, 2.75) is 17.3 Å². The van der Waals surface area contributed by atoms with E-state index in [0.29, 0.717) is 33.0 Å². The van der Waals surface area contributed by atoms with Gasteiger partial charge in [-0.25, -0.2) is 4.39 Å². The Morgan fingerprint density at radius 1 is 1.00 bits per heavy atom. The Balaban J connectivity index is 1.48. The molecule has 9 nitrogen and oxygen atoms in total. The summed E-state index contributed by atoms with van der Waals surface area (Å²) < 4.78 is 22.3. The Bertz CT molecular complexity index is 1560. The van der Waals surface area contributed by atoms with Crippen molar-refractivity contribution < 1.29 is 13.7 Å². The Labute approximate surface area is 213 Å². The van der Waals surface area contributed by atoms with E-state index in [1.54, 1.807) is 41.0 Å². The van der Waals surface area contributed by atoms with Crippen LogP contribution in [0.1, 0.15) is 18.1 Å². The van der Waals surface area contributed by atoms with E-state index < -0.39 is 10.7 Å². The summed E-state index contributed by atoms with van der Waals surface area (Å²) in [5.74, 6) is 0.464. The van der Waals surface area contributed by atoms with E-state index in [1.165, 1.54) is 42.1 Å². The van der Waals surface area contributed by atoms with Crippen molar-refractivity contribution in [2.75, 3.05) is 0 Å². The molecule has 0 radical (unpaired) electrons. The molecule has 3 aromatic carbocycles. The van der Waals surface area contributed by atoms with Gasteiger partial charge in [-0.1, -0.05) is 47.6 Å². The third kappa shape index (κ3) is 4.58. The average molecular weight is 523 g/mol. The van der Waals surface area contributed by atoms with E-state index in [0.717, 1.165) is 0 Å². The predicted octanol–water partition coefficient (Wildman–Crippen LogP) is 6.54. The summed E-state index contributed by atoms with van der Waals surface area (Å²) in [5.41, 5.74) is 1.38. The van der Waals surface area contributed by atoms with E-state index in [4.69, 9.17) is 16.0 Å². The minimum atomic E-state index is -0.482. The van der Waals surface area contributed by atoms with Gasteiger partial charge in [0.25, 0.3) is 5.69 Å². The highest BCUT2D eigenvalue weighted by molar-refractivity contribution is 7.99. The minimum absolute atomic E-state index is 0.0378. The molecule has 0 saturated heterocycles. The maximum absolute atomic E-state index is 14.9. The summed E-state index contributed by atoms with van der Waals surface area (Å²) in [6.45, 7) is 1.84. The second-order valence-electron chi connectivity index (χ2n) is 7.58. The molecule has 0 spiro atoms. The van der Waals surface area contributed by atoms with Gasteiger partial charge in [0.2, 0.25) is 11.8 Å². The molecule has 1 atom stereocenters. The maximum atomic E-state index is 14.9. The zero-order chi connectivity index (χ0) is 25.2. The lowest BCUT2D eigenvalue weighted by Crippen LogP contribution is -2.03. The summed E-state index contributed by atoms with van der Waals surface area (Å²) >= 11 is 7.66. The van der Waals surface area contributed by atoms with Crippen molar-refractivity contribution in [1.82, 2.24) is 25.0 Å². The average Bonchev–Trinajstić information content (AvgIpc) is 3.53. The fourth-order valence-corrected chi connectivity index (χ4v) is 4.57. The molecule has 0 amide bonds. The first-order valence-corrected chi connectivity index (χ1v) is 11.9. The molecule has 5 rings (SSSR count). The Morgan fingerprint density at radius 3 is 2.44 bits per heavy atom. The van der Waals surface area contributed by atoms with Gasteiger partial charge in [0.1, 0.15) is 5.82 Å². The van der Waals surface area contributed by atoms with Gasteiger partial charge in [0.05, 0.1) is 20.9 Å². The van der Waals surface area contributed by atoms with Crippen LogP contribution in [0.3, 0.4) is 0 Å². The number of thioether (sulfide) groups is 1. The second-order valence-corrected chi connectivity index (χ2v) is 9.30. The number of rotatable bonds is 7. The van der Waals surface area contributed by atoms with Gasteiger partial charge in [-0.2, -0.15) is 0 Å². The van der Waals surface area contributed by atoms with E-state index in [9.17, 15) is 14.5 Å². The van der Waals surface area contributed by atoms with Crippen LogP contribution in [-0.2, 0) is 0 Å². The molecule has 0 aliphatic rings. The summed E-state index contributed by atoms with van der Waals surface area (Å²) in [6, 6.07) is 19.3. The standard InChI is InChI=1S/C24H16ClFN6O3S/c1-14(22-28-29-23(35-22)15-10-12-16(13-11-15)32(33)34)36-24-30-27-21(17-6-2-3-7-18(17)25)31(24)20-9-5-4-8-19(20)26/h2-14H,1H3/t14-/m1/s1. The van der Waals surface area contributed by atoms with Crippen LogP contribution in [0, 0.1) is 15.9 Å². The van der Waals surface area contributed by atoms with Crippen LogP contribution in [0.4, 0.5) is 10.1 Å². The summed E-state index contributed by atoms with van der Waals surface area (Å²) in [5, 5.41) is 28.2. The van der Waals surface area contributed by atoms with Crippen molar-refractivity contribution in [3.8, 4) is 28.5 Å². The number of para-hydroxylation sites is 1. The smallest absolute Gasteiger partial charge is 0.269 e. The number of nitro benzene ring substituents is 1. The predicted molar refractivity (Wildman–Crippen MR) is 132 cm³/mol. The number of benzene rings is 3. The Morgan fingerprint density at radius 2 is 1.72 bits per heavy atom. The number of hydrogen-bond donors (Lipinski definition) is 0. The van der Waals surface area contributed by atoms with Crippen molar-refractivity contribution in [2.24, 2.45) is 0 Å². The lowest BCUT2D eigenvalue weighted by Gasteiger charge is -2.13. The Kier molecular flexibility index (Phi) is 6.49. The number of hydrogen-bond acceptors (Lipinski definition) is 8. The number of nitro groups is 1. The van der Waals surface area contributed by atoms with Crippen LogP contribution < -0.4 is 0 Å². The molecule has 0 aliphatic carbocycles. The van der Waals surface area contributed by atoms with Crippen molar-refractivity contribution >= 4 is 29.1 Å². The molecule has 2 aromatic heterocycles. The van der Waals surface area contributed by atoms with Gasteiger partial charge in [-0.15, -0.1) is 20.4 Å². The molecule has 2 heterocycles. The lowest BCUT2D eigenvalue weighted by molar-refractivity contribution is -0.384. The normalized spacial score (nSPS) is 12.0. The van der Waals surface area contributed by atoms with Crippen LogP contribution in [0.15, 0.2) is 82.4 Å². The largest absolute Gasteiger partial charge is 0.419 e. The highest BCUT2D eigenvalue weighted by Crippen LogP contribution is 2.38. The molecule has 180 valence electrons. The van der Waals surface area contributed by atoms with Gasteiger partial charge in [-0.05, 0) is 43.3 Å². The first-order valence-electron chi connectivity index (χ1n) is 10.6. The topological polar surface area (TPSA) is 113 Å². The molecule has 0 N–H and O–H groups in total. The molecule has 5 aromatic rings. The van der Waals surface area contributed by atoms with Crippen LogP contribution in [0.5, 0.6) is 0 Å². The van der Waals surface area contributed by atoms with Gasteiger partial charge < -0.3 is 4.42 Å². The molecule has 0 fully saturated rings. The third-order valence-corrected chi connectivity index (χ3v) is 6.60. The first kappa shape index (κ1) is 23.6. The minimum Gasteiger partial charge on any atom is -0.419 e. The quantitative estimate of drug-likeness (QED) is 0.134.